The average Bonchev–Trinajstić information content (AvgIpc) is 2.80. The topological polar surface area (TPSA) is 232 Å². The molecule has 0 bridgehead atoms. The number of nitrogens with zero attached hydrogens (tertiary/aromatic N) is 3. The van der Waals surface area contributed by atoms with Crippen molar-refractivity contribution in [1.82, 2.24) is 0 Å². The number of nitrogens with two attached hydrogens (primary N) is 1. The van der Waals surface area contributed by atoms with Gasteiger partial charge in [-0.15, -0.1) is 5.11 Å². The summed E-state index contributed by atoms with van der Waals surface area (Å²) in [5.74, 6) is -0.387. The van der Waals surface area contributed by atoms with Gasteiger partial charge >= 0.3 is 0 Å². The van der Waals surface area contributed by atoms with Crippen LogP contribution in [0.5, 0.6) is 0 Å². The van der Waals surface area contributed by atoms with Gasteiger partial charge in [0, 0.05) is 24.7 Å². The maximum atomic E-state index is 12.0. The van der Waals surface area contributed by atoms with Gasteiger partial charge in [0.15, 0.2) is 0 Å². The molecule has 0 aromatic heterocycles. The summed E-state index contributed by atoms with van der Waals surface area (Å²) in [5, 5.41) is 21.4. The molecule has 0 fully saturated rings. The summed E-state index contributed by atoms with van der Waals surface area (Å²) >= 11 is 0. The Morgan fingerprint density at radius 3 is 2.05 bits per heavy atom. The molecular formula is C22H19N5O9S2. The zero-order chi connectivity index (χ0) is 28.3. The zero-order valence-corrected chi connectivity index (χ0v) is 21.0. The fraction of sp³-hybridized carbons (Fsp3) is 0.0455. The maximum absolute atomic E-state index is 12.0. The van der Waals surface area contributed by atoms with Crippen LogP contribution < -0.4 is 11.1 Å². The summed E-state index contributed by atoms with van der Waals surface area (Å²) in [6, 6.07) is 10.7. The fourth-order valence-electron chi connectivity index (χ4n) is 3.17. The van der Waals surface area contributed by atoms with E-state index in [1.54, 1.807) is 0 Å². The third-order valence-corrected chi connectivity index (χ3v) is 6.63. The van der Waals surface area contributed by atoms with Crippen LogP contribution in [0.4, 0.5) is 28.4 Å². The highest BCUT2D eigenvalue weighted by Crippen LogP contribution is 2.31. The van der Waals surface area contributed by atoms with Crippen LogP contribution in [-0.4, -0.2) is 36.8 Å². The quantitative estimate of drug-likeness (QED) is 0.0763. The molecule has 1 amide bonds. The van der Waals surface area contributed by atoms with Crippen molar-refractivity contribution >= 4 is 66.7 Å². The number of anilines is 2. The lowest BCUT2D eigenvalue weighted by molar-refractivity contribution is -0.385. The van der Waals surface area contributed by atoms with Gasteiger partial charge in [-0.2, -0.15) is 21.9 Å². The predicted molar refractivity (Wildman–Crippen MR) is 137 cm³/mol. The molecule has 0 saturated heterocycles. The van der Waals surface area contributed by atoms with Gasteiger partial charge in [0.2, 0.25) is 5.91 Å². The summed E-state index contributed by atoms with van der Waals surface area (Å²) in [6.07, 6.45) is 2.21. The first-order valence-electron chi connectivity index (χ1n) is 10.3. The number of nitrogens with one attached hydrogen (secondary N) is 1. The van der Waals surface area contributed by atoms with E-state index in [4.69, 9.17) is 5.73 Å². The first-order chi connectivity index (χ1) is 17.6. The van der Waals surface area contributed by atoms with Gasteiger partial charge in [0.1, 0.15) is 15.5 Å². The van der Waals surface area contributed by atoms with Crippen LogP contribution in [0, 0.1) is 10.1 Å². The van der Waals surface area contributed by atoms with Crippen LogP contribution in [0.25, 0.3) is 12.2 Å². The number of azo groups is 1. The maximum Gasteiger partial charge on any atom is 0.295 e. The molecule has 5 N–H and O–H groups in total. The first kappa shape index (κ1) is 28.1. The van der Waals surface area contributed by atoms with Crippen LogP contribution in [-0.2, 0) is 25.0 Å². The Hall–Kier alpha value is -4.51. The molecule has 0 saturated carbocycles. The molecule has 0 heterocycles. The standard InChI is InChI=1S/C22H19N5O9S2/c1-13(28)24-20-10-16(23)6-9-19(20)26-25-17-7-4-14(21(11-17)37(31,32)33)2-3-15-5-8-18(27(29)30)12-22(15)38(34,35)36/h2-12H,23H2,1H3,(H,24,28)(H,31,32,33)(H,34,35,36)/b3-2+,26-25?. The Morgan fingerprint density at radius 1 is 0.921 bits per heavy atom. The number of carbonyl (C=O) groups excluding carboxylic acids is 1. The molecule has 0 atom stereocenters. The molecule has 14 nitrogen and oxygen atoms in total. The van der Waals surface area contributed by atoms with Gasteiger partial charge in [-0.25, -0.2) is 0 Å². The van der Waals surface area contributed by atoms with Crippen molar-refractivity contribution in [2.24, 2.45) is 10.2 Å². The fourth-order valence-corrected chi connectivity index (χ4v) is 4.57. The normalized spacial score (nSPS) is 12.2. The number of rotatable bonds is 8. The first-order valence-corrected chi connectivity index (χ1v) is 13.2. The minimum absolute atomic E-state index is 0.00524. The van der Waals surface area contributed by atoms with Gasteiger partial charge in [0.05, 0.1) is 16.3 Å². The molecular weight excluding hydrogens is 542 g/mol. The highest BCUT2D eigenvalue weighted by molar-refractivity contribution is 7.86. The molecule has 0 aliphatic heterocycles. The van der Waals surface area contributed by atoms with E-state index < -0.39 is 40.6 Å². The van der Waals surface area contributed by atoms with E-state index in [-0.39, 0.29) is 34.1 Å². The molecule has 3 aromatic rings. The molecule has 3 aromatic carbocycles. The van der Waals surface area contributed by atoms with Gasteiger partial charge in [-0.1, -0.05) is 18.2 Å². The monoisotopic (exact) mass is 561 g/mol. The van der Waals surface area contributed by atoms with Crippen molar-refractivity contribution in [3.8, 4) is 0 Å². The van der Waals surface area contributed by atoms with Crippen LogP contribution in [0.3, 0.4) is 0 Å². The molecule has 0 aliphatic rings. The smallest absolute Gasteiger partial charge is 0.295 e. The van der Waals surface area contributed by atoms with Crippen molar-refractivity contribution in [3.05, 3.63) is 75.8 Å². The van der Waals surface area contributed by atoms with Crippen molar-refractivity contribution in [1.29, 1.82) is 0 Å². The van der Waals surface area contributed by atoms with Crippen molar-refractivity contribution < 1.29 is 35.7 Å². The Labute approximate surface area is 216 Å². The average molecular weight is 562 g/mol. The summed E-state index contributed by atoms with van der Waals surface area (Å²) in [4.78, 5) is 20.1. The Balaban J connectivity index is 2.03. The van der Waals surface area contributed by atoms with E-state index >= 15 is 0 Å². The SMILES string of the molecule is CC(=O)Nc1cc(N)ccc1N=Nc1ccc(/C=C/c2ccc([N+](=O)[O-])cc2S(=O)(=O)O)c(S(=O)(=O)O)c1. The number of nitro groups is 1. The number of amides is 1. The molecule has 38 heavy (non-hydrogen) atoms. The molecule has 0 unspecified atom stereocenters. The highest BCUT2D eigenvalue weighted by Gasteiger charge is 2.20. The Morgan fingerprint density at radius 2 is 1.50 bits per heavy atom. The number of nitrogen functional groups attached to an aromatic ring is 1. The van der Waals surface area contributed by atoms with Gasteiger partial charge < -0.3 is 11.1 Å². The summed E-state index contributed by atoms with van der Waals surface area (Å²) in [7, 11) is -9.68. The van der Waals surface area contributed by atoms with Gasteiger partial charge in [-0.05, 0) is 47.5 Å². The number of non-ortho nitro benzene ring substituents is 1. The highest BCUT2D eigenvalue weighted by atomic mass is 32.2. The summed E-state index contributed by atoms with van der Waals surface area (Å²) in [5.41, 5.74) is 5.66. The number of carbonyl (C=O) groups is 1. The summed E-state index contributed by atoms with van der Waals surface area (Å²) in [6.45, 7) is 1.28. The largest absolute Gasteiger partial charge is 0.399 e. The van der Waals surface area contributed by atoms with E-state index in [0.29, 0.717) is 11.8 Å². The molecule has 198 valence electrons. The minimum Gasteiger partial charge on any atom is -0.399 e. The predicted octanol–water partition coefficient (Wildman–Crippen LogP) is 4.21. The zero-order valence-electron chi connectivity index (χ0n) is 19.3. The van der Waals surface area contributed by atoms with E-state index in [2.05, 4.69) is 15.5 Å². The lowest BCUT2D eigenvalue weighted by Gasteiger charge is -2.07. The molecule has 3 rings (SSSR count). The van der Waals surface area contributed by atoms with Crippen molar-refractivity contribution in [2.45, 2.75) is 16.7 Å². The number of benzene rings is 3. The van der Waals surface area contributed by atoms with Gasteiger partial charge in [-0.3, -0.25) is 24.0 Å². The minimum atomic E-state index is -4.87. The van der Waals surface area contributed by atoms with Crippen molar-refractivity contribution in [3.63, 3.8) is 0 Å². The second-order valence-corrected chi connectivity index (χ2v) is 10.4. The Kier molecular flexibility index (Phi) is 8.01. The van der Waals surface area contributed by atoms with E-state index in [9.17, 15) is 40.8 Å². The van der Waals surface area contributed by atoms with E-state index in [1.807, 2.05) is 0 Å². The molecule has 0 spiro atoms. The van der Waals surface area contributed by atoms with Crippen LogP contribution in [0.1, 0.15) is 18.1 Å². The number of hydrogen-bond donors (Lipinski definition) is 4. The molecule has 0 radical (unpaired) electrons. The van der Waals surface area contributed by atoms with Crippen LogP contribution in [0.2, 0.25) is 0 Å². The van der Waals surface area contributed by atoms with Crippen molar-refractivity contribution in [2.75, 3.05) is 11.1 Å². The Bertz CT molecular complexity index is 1720. The van der Waals surface area contributed by atoms with E-state index in [0.717, 1.165) is 30.4 Å². The van der Waals surface area contributed by atoms with Gasteiger partial charge in [0.25, 0.3) is 25.9 Å². The lowest BCUT2D eigenvalue weighted by Crippen LogP contribution is -2.06. The molecule has 16 heteroatoms. The van der Waals surface area contributed by atoms with Crippen LogP contribution in [0.15, 0.2) is 74.6 Å². The lowest BCUT2D eigenvalue weighted by atomic mass is 10.1. The third-order valence-electron chi connectivity index (χ3n) is 4.81. The second kappa shape index (κ2) is 10.9. The second-order valence-electron chi connectivity index (χ2n) is 7.64. The number of nitro benzene ring substituents is 1. The summed E-state index contributed by atoms with van der Waals surface area (Å²) < 4.78 is 66.7. The molecule has 0 aliphatic carbocycles. The van der Waals surface area contributed by atoms with E-state index in [1.165, 1.54) is 37.3 Å². The third kappa shape index (κ3) is 7.04. The van der Waals surface area contributed by atoms with Crippen LogP contribution >= 0.6 is 0 Å². The number of hydrogen-bond acceptors (Lipinski definition) is 10.